The van der Waals surface area contributed by atoms with Crippen LogP contribution in [0.3, 0.4) is 0 Å². The lowest BCUT2D eigenvalue weighted by Gasteiger charge is -2.31. The first kappa shape index (κ1) is 31.4. The van der Waals surface area contributed by atoms with E-state index in [-0.39, 0.29) is 12.4 Å². The lowest BCUT2D eigenvalue weighted by molar-refractivity contribution is -0.894. The normalized spacial score (nSPS) is 12.7. The second kappa shape index (κ2) is 22.9. The molecule has 0 rings (SSSR count). The maximum atomic E-state index is 2.40. The first-order valence-corrected chi connectivity index (χ1v) is 13.3. The lowest BCUT2D eigenvalue weighted by Crippen LogP contribution is -3.00. The topological polar surface area (TPSA) is 0 Å². The molecule has 0 saturated heterocycles. The number of rotatable bonds is 22. The Kier molecular flexibility index (Phi) is 24.9. The maximum absolute atomic E-state index is 2.40. The highest BCUT2D eigenvalue weighted by atomic mass is 35.5. The van der Waals surface area contributed by atoms with Crippen LogP contribution in [0, 0.1) is 0 Å². The molecular weight excluding hydrogens is 374 g/mol. The zero-order valence-electron chi connectivity index (χ0n) is 21.3. The van der Waals surface area contributed by atoms with Gasteiger partial charge in [-0.3, -0.25) is 0 Å². The molecule has 0 aromatic rings. The Morgan fingerprint density at radius 2 is 0.690 bits per heavy atom. The van der Waals surface area contributed by atoms with Gasteiger partial charge in [0, 0.05) is 0 Å². The van der Waals surface area contributed by atoms with E-state index in [0.29, 0.717) is 0 Å². The molecule has 0 aromatic heterocycles. The average Bonchev–Trinajstić information content (AvgIpc) is 2.65. The van der Waals surface area contributed by atoms with Crippen molar-refractivity contribution in [3.8, 4) is 0 Å². The van der Waals surface area contributed by atoms with E-state index in [0.717, 1.165) is 10.5 Å². The second-order valence-electron chi connectivity index (χ2n) is 10.5. The molecular formula is C27H58ClN. The van der Waals surface area contributed by atoms with Crippen LogP contribution in [0.25, 0.3) is 0 Å². The Morgan fingerprint density at radius 1 is 0.448 bits per heavy atom. The lowest BCUT2D eigenvalue weighted by atomic mass is 10.0. The number of unbranched alkanes of at least 4 members (excludes halogenated alkanes) is 19. The summed E-state index contributed by atoms with van der Waals surface area (Å²) in [5, 5.41) is 0. The minimum atomic E-state index is 0. The Morgan fingerprint density at radius 3 is 0.931 bits per heavy atom. The molecule has 1 unspecified atom stereocenters. The predicted molar refractivity (Wildman–Crippen MR) is 130 cm³/mol. The smallest absolute Gasteiger partial charge is 0.0855 e. The summed E-state index contributed by atoms with van der Waals surface area (Å²) in [6.45, 7) is 4.70. The summed E-state index contributed by atoms with van der Waals surface area (Å²) < 4.78 is 1.11. The van der Waals surface area contributed by atoms with Crippen molar-refractivity contribution in [2.45, 2.75) is 155 Å². The van der Waals surface area contributed by atoms with Crippen LogP contribution < -0.4 is 12.4 Å². The molecule has 0 amide bonds. The molecule has 29 heavy (non-hydrogen) atoms. The molecule has 0 bridgehead atoms. The molecule has 0 aliphatic rings. The molecule has 0 N–H and O–H groups in total. The molecule has 1 atom stereocenters. The molecule has 1 nitrogen and oxygen atoms in total. The molecule has 0 heterocycles. The number of hydrogen-bond acceptors (Lipinski definition) is 0. The molecule has 2 heteroatoms. The van der Waals surface area contributed by atoms with Crippen molar-refractivity contribution < 1.29 is 16.9 Å². The van der Waals surface area contributed by atoms with Crippen LogP contribution >= 0.6 is 0 Å². The maximum Gasteiger partial charge on any atom is 0.0855 e. The fourth-order valence-electron chi connectivity index (χ4n) is 4.08. The van der Waals surface area contributed by atoms with E-state index < -0.39 is 0 Å². The quantitative estimate of drug-likeness (QED) is 0.139. The molecule has 0 fully saturated rings. The number of halogens is 1. The summed E-state index contributed by atoms with van der Waals surface area (Å²) in [6, 6.07) is 0.801. The first-order valence-electron chi connectivity index (χ1n) is 13.3. The molecule has 178 valence electrons. The largest absolute Gasteiger partial charge is 1.00 e. The van der Waals surface area contributed by atoms with Gasteiger partial charge in [-0.1, -0.05) is 129 Å². The SMILES string of the molecule is CCCCCCCCCCCCCCCCCCCCCCC(C)[N+](C)(C)C.[Cl-]. The van der Waals surface area contributed by atoms with E-state index in [2.05, 4.69) is 35.0 Å². The van der Waals surface area contributed by atoms with Crippen LogP contribution in [0.2, 0.25) is 0 Å². The van der Waals surface area contributed by atoms with Crippen LogP contribution in [-0.4, -0.2) is 31.7 Å². The standard InChI is InChI=1S/C27H58N.ClH/c1-6-7-8-9-10-11-12-13-14-15-16-17-18-19-20-21-22-23-24-25-26-27(2)28(3,4)5;/h27H,6-26H2,1-5H3;1H/q+1;/p-1. The van der Waals surface area contributed by atoms with E-state index in [1.165, 1.54) is 135 Å². The summed E-state index contributed by atoms with van der Waals surface area (Å²) in [4.78, 5) is 0. The van der Waals surface area contributed by atoms with Crippen LogP contribution in [-0.2, 0) is 0 Å². The van der Waals surface area contributed by atoms with Crippen molar-refractivity contribution in [1.82, 2.24) is 0 Å². The van der Waals surface area contributed by atoms with Gasteiger partial charge < -0.3 is 16.9 Å². The fourth-order valence-corrected chi connectivity index (χ4v) is 4.08. The van der Waals surface area contributed by atoms with Gasteiger partial charge in [0.05, 0.1) is 27.2 Å². The second-order valence-corrected chi connectivity index (χ2v) is 10.5. The zero-order chi connectivity index (χ0) is 20.9. The van der Waals surface area contributed by atoms with Crippen LogP contribution in [0.15, 0.2) is 0 Å². The molecule has 0 aromatic carbocycles. The van der Waals surface area contributed by atoms with E-state index in [1.54, 1.807) is 0 Å². The van der Waals surface area contributed by atoms with Gasteiger partial charge in [-0.15, -0.1) is 0 Å². The van der Waals surface area contributed by atoms with E-state index >= 15 is 0 Å². The van der Waals surface area contributed by atoms with Gasteiger partial charge in [-0.25, -0.2) is 0 Å². The predicted octanol–water partition coefficient (Wildman–Crippen LogP) is 6.30. The average molecular weight is 432 g/mol. The van der Waals surface area contributed by atoms with Crippen molar-refractivity contribution in [3.05, 3.63) is 0 Å². The van der Waals surface area contributed by atoms with Gasteiger partial charge in [0.15, 0.2) is 0 Å². The number of hydrogen-bond donors (Lipinski definition) is 0. The van der Waals surface area contributed by atoms with Crippen molar-refractivity contribution in [1.29, 1.82) is 0 Å². The minimum Gasteiger partial charge on any atom is -1.00 e. The Balaban J connectivity index is 0. The minimum absolute atomic E-state index is 0. The van der Waals surface area contributed by atoms with Crippen molar-refractivity contribution in [2.24, 2.45) is 0 Å². The highest BCUT2D eigenvalue weighted by Gasteiger charge is 2.16. The summed E-state index contributed by atoms with van der Waals surface area (Å²) in [5.41, 5.74) is 0. The number of quaternary nitrogens is 1. The summed E-state index contributed by atoms with van der Waals surface area (Å²) in [5.74, 6) is 0. The first-order chi connectivity index (χ1) is 13.5. The third-order valence-electron chi connectivity index (χ3n) is 6.80. The third-order valence-corrected chi connectivity index (χ3v) is 6.80. The van der Waals surface area contributed by atoms with Gasteiger partial charge in [0.1, 0.15) is 0 Å². The van der Waals surface area contributed by atoms with E-state index in [4.69, 9.17) is 0 Å². The molecule has 0 aliphatic heterocycles. The summed E-state index contributed by atoms with van der Waals surface area (Å²) in [7, 11) is 6.96. The molecule has 0 aliphatic carbocycles. The zero-order valence-corrected chi connectivity index (χ0v) is 22.0. The highest BCUT2D eigenvalue weighted by Crippen LogP contribution is 2.16. The van der Waals surface area contributed by atoms with Gasteiger partial charge >= 0.3 is 0 Å². The highest BCUT2D eigenvalue weighted by molar-refractivity contribution is 4.53. The third kappa shape index (κ3) is 24.4. The van der Waals surface area contributed by atoms with Crippen molar-refractivity contribution in [2.75, 3.05) is 21.1 Å². The van der Waals surface area contributed by atoms with Gasteiger partial charge in [-0.2, -0.15) is 0 Å². The fraction of sp³-hybridized carbons (Fsp3) is 1.00. The number of nitrogens with zero attached hydrogens (tertiary/aromatic N) is 1. The van der Waals surface area contributed by atoms with E-state index in [1.807, 2.05) is 0 Å². The van der Waals surface area contributed by atoms with Gasteiger partial charge in [0.2, 0.25) is 0 Å². The van der Waals surface area contributed by atoms with Crippen LogP contribution in [0.1, 0.15) is 149 Å². The van der Waals surface area contributed by atoms with Crippen molar-refractivity contribution in [3.63, 3.8) is 0 Å². The molecule has 0 spiro atoms. The monoisotopic (exact) mass is 431 g/mol. The van der Waals surface area contributed by atoms with Crippen LogP contribution in [0.5, 0.6) is 0 Å². The summed E-state index contributed by atoms with van der Waals surface area (Å²) in [6.07, 6.45) is 30.8. The Bertz CT molecular complexity index is 297. The van der Waals surface area contributed by atoms with Crippen LogP contribution in [0.4, 0.5) is 0 Å². The van der Waals surface area contributed by atoms with Crippen molar-refractivity contribution >= 4 is 0 Å². The van der Waals surface area contributed by atoms with Gasteiger partial charge in [0.25, 0.3) is 0 Å². The molecule has 0 radical (unpaired) electrons. The Labute approximate surface area is 192 Å². The van der Waals surface area contributed by atoms with E-state index in [9.17, 15) is 0 Å². The van der Waals surface area contributed by atoms with Gasteiger partial charge in [-0.05, 0) is 19.8 Å². The Hall–Kier alpha value is 0.250. The molecule has 0 saturated carbocycles. The summed E-state index contributed by atoms with van der Waals surface area (Å²) >= 11 is 0.